The lowest BCUT2D eigenvalue weighted by molar-refractivity contribution is 0.0599. The van der Waals surface area contributed by atoms with Crippen molar-refractivity contribution in [2.45, 2.75) is 17.7 Å². The fourth-order valence-corrected chi connectivity index (χ4v) is 5.22. The van der Waals surface area contributed by atoms with Crippen molar-refractivity contribution < 1.29 is 22.7 Å². The fraction of sp³-hybridized carbons (Fsp3) is 0.421. The zero-order valence-corrected chi connectivity index (χ0v) is 19.1. The molecule has 0 unspecified atom stereocenters. The molecule has 0 radical (unpaired) electrons. The number of nitrogens with one attached hydrogen (secondary N) is 1. The summed E-state index contributed by atoms with van der Waals surface area (Å²) in [6.07, 6.45) is 4.41. The first-order valence-electron chi connectivity index (χ1n) is 9.37. The summed E-state index contributed by atoms with van der Waals surface area (Å²) < 4.78 is 34.2. The predicted octanol–water partition coefficient (Wildman–Crippen LogP) is 1.80. The number of aryl methyl sites for hydroxylation is 1. The second-order valence-electron chi connectivity index (χ2n) is 7.09. The number of hydrogen-bond acceptors (Lipinski definition) is 6. The maximum atomic E-state index is 13.0. The van der Waals surface area contributed by atoms with Gasteiger partial charge in [0.1, 0.15) is 0 Å². The van der Waals surface area contributed by atoms with Crippen LogP contribution < -0.4 is 5.32 Å². The average molecular weight is 499 g/mol. The molecule has 2 aromatic rings. The molecule has 2 heterocycles. The molecule has 0 aliphatic carbocycles. The van der Waals surface area contributed by atoms with Gasteiger partial charge in [0.15, 0.2) is 0 Å². The molecule has 11 heteroatoms. The van der Waals surface area contributed by atoms with Crippen molar-refractivity contribution in [2.24, 2.45) is 13.0 Å². The maximum absolute atomic E-state index is 13.0. The van der Waals surface area contributed by atoms with Crippen molar-refractivity contribution in [3.63, 3.8) is 0 Å². The smallest absolute Gasteiger partial charge is 0.339 e. The van der Waals surface area contributed by atoms with Gasteiger partial charge in [0.2, 0.25) is 10.0 Å². The fourth-order valence-electron chi connectivity index (χ4n) is 3.31. The number of piperidine rings is 1. The summed E-state index contributed by atoms with van der Waals surface area (Å²) in [6.45, 7) is 1.17. The first-order chi connectivity index (χ1) is 14.2. The second kappa shape index (κ2) is 9.27. The molecule has 1 aromatic carbocycles. The number of benzene rings is 1. The lowest BCUT2D eigenvalue weighted by atomic mass is 9.98. The molecule has 3 rings (SSSR count). The third-order valence-electron chi connectivity index (χ3n) is 5.07. The molecule has 0 spiro atoms. The molecule has 1 N–H and O–H groups in total. The summed E-state index contributed by atoms with van der Waals surface area (Å²) in [7, 11) is -0.745. The predicted molar refractivity (Wildman–Crippen MR) is 113 cm³/mol. The number of hydrogen-bond donors (Lipinski definition) is 1. The van der Waals surface area contributed by atoms with Gasteiger partial charge in [-0.1, -0.05) is 0 Å². The van der Waals surface area contributed by atoms with Crippen molar-refractivity contribution in [3.8, 4) is 0 Å². The molecular weight excluding hydrogens is 476 g/mol. The Morgan fingerprint density at radius 1 is 1.30 bits per heavy atom. The van der Waals surface area contributed by atoms with E-state index in [1.54, 1.807) is 17.9 Å². The van der Waals surface area contributed by atoms with E-state index in [2.05, 4.69) is 26.3 Å². The number of methoxy groups -OCH3 is 1. The van der Waals surface area contributed by atoms with E-state index in [1.165, 1.54) is 35.8 Å². The molecular formula is C19H23BrN4O5S. The van der Waals surface area contributed by atoms with Crippen LogP contribution in [-0.2, 0) is 21.8 Å². The van der Waals surface area contributed by atoms with Gasteiger partial charge in [0.25, 0.3) is 5.91 Å². The van der Waals surface area contributed by atoms with Crippen LogP contribution in [0.15, 0.2) is 40.0 Å². The molecule has 1 aromatic heterocycles. The molecule has 9 nitrogen and oxygen atoms in total. The van der Waals surface area contributed by atoms with E-state index in [4.69, 9.17) is 4.74 Å². The van der Waals surface area contributed by atoms with Gasteiger partial charge < -0.3 is 10.1 Å². The van der Waals surface area contributed by atoms with Crippen LogP contribution in [0.5, 0.6) is 0 Å². The molecule has 0 atom stereocenters. The third kappa shape index (κ3) is 4.90. The SMILES string of the molecule is COC(=O)c1cc(S(=O)(=O)N2CCC(CNC(=O)c3cnn(C)c3)CC2)ccc1Br. The Labute approximate surface area is 183 Å². The van der Waals surface area contributed by atoms with Gasteiger partial charge in [0, 0.05) is 37.4 Å². The quantitative estimate of drug-likeness (QED) is 0.607. The summed E-state index contributed by atoms with van der Waals surface area (Å²) >= 11 is 3.24. The zero-order chi connectivity index (χ0) is 21.9. The van der Waals surface area contributed by atoms with E-state index < -0.39 is 16.0 Å². The molecule has 162 valence electrons. The monoisotopic (exact) mass is 498 g/mol. The van der Waals surface area contributed by atoms with Gasteiger partial charge in [-0.3, -0.25) is 9.48 Å². The minimum absolute atomic E-state index is 0.0504. The van der Waals surface area contributed by atoms with E-state index in [1.807, 2.05) is 0 Å². The number of carbonyl (C=O) groups is 2. The first kappa shape index (κ1) is 22.4. The van der Waals surface area contributed by atoms with E-state index in [0.717, 1.165) is 0 Å². The number of amides is 1. The number of nitrogens with zero attached hydrogens (tertiary/aromatic N) is 3. The molecule has 1 fully saturated rings. The Morgan fingerprint density at radius 3 is 2.60 bits per heavy atom. The first-order valence-corrected chi connectivity index (χ1v) is 11.6. The Bertz CT molecular complexity index is 1040. The molecule has 1 amide bonds. The molecule has 1 saturated heterocycles. The minimum atomic E-state index is -3.73. The summed E-state index contributed by atoms with van der Waals surface area (Å²) in [5.74, 6) is -0.613. The topological polar surface area (TPSA) is 111 Å². The van der Waals surface area contributed by atoms with Crippen LogP contribution in [-0.4, -0.2) is 61.1 Å². The summed E-state index contributed by atoms with van der Waals surface area (Å²) in [6, 6.07) is 4.32. The van der Waals surface area contributed by atoms with Gasteiger partial charge in [-0.15, -0.1) is 0 Å². The van der Waals surface area contributed by atoms with Gasteiger partial charge in [-0.05, 0) is 52.9 Å². The number of aromatic nitrogens is 2. The number of carbonyl (C=O) groups excluding carboxylic acids is 2. The standard InChI is InChI=1S/C19H23BrN4O5S/c1-23-12-14(11-22-23)18(25)21-10-13-5-7-24(8-6-13)30(27,28)15-3-4-17(20)16(9-15)19(26)29-2/h3-4,9,11-13H,5-8,10H2,1-2H3,(H,21,25). The number of ether oxygens (including phenoxy) is 1. The van der Waals surface area contributed by atoms with Crippen molar-refractivity contribution in [1.29, 1.82) is 0 Å². The zero-order valence-electron chi connectivity index (χ0n) is 16.7. The molecule has 1 aliphatic heterocycles. The van der Waals surface area contributed by atoms with Gasteiger partial charge in [-0.25, -0.2) is 13.2 Å². The Hall–Kier alpha value is -2.24. The second-order valence-corrected chi connectivity index (χ2v) is 9.89. The van der Waals surface area contributed by atoms with Crippen LogP contribution in [0.3, 0.4) is 0 Å². The van der Waals surface area contributed by atoms with Crippen LogP contribution >= 0.6 is 15.9 Å². The van der Waals surface area contributed by atoms with Crippen LogP contribution in [0.4, 0.5) is 0 Å². The molecule has 1 aliphatic rings. The summed E-state index contributed by atoms with van der Waals surface area (Å²) in [4.78, 5) is 24.0. The number of esters is 1. The Morgan fingerprint density at radius 2 is 2.00 bits per heavy atom. The highest BCUT2D eigenvalue weighted by Crippen LogP contribution is 2.27. The average Bonchev–Trinajstić information content (AvgIpc) is 3.18. The number of halogens is 1. The van der Waals surface area contributed by atoms with Crippen LogP contribution in [0.25, 0.3) is 0 Å². The summed E-state index contributed by atoms with van der Waals surface area (Å²) in [5.41, 5.74) is 0.653. The third-order valence-corrected chi connectivity index (χ3v) is 7.66. The van der Waals surface area contributed by atoms with Crippen molar-refractivity contribution in [1.82, 2.24) is 19.4 Å². The largest absolute Gasteiger partial charge is 0.465 e. The van der Waals surface area contributed by atoms with Crippen molar-refractivity contribution >= 4 is 37.8 Å². The lowest BCUT2D eigenvalue weighted by Crippen LogP contribution is -2.41. The van der Waals surface area contributed by atoms with E-state index in [9.17, 15) is 18.0 Å². The minimum Gasteiger partial charge on any atom is -0.465 e. The van der Waals surface area contributed by atoms with E-state index >= 15 is 0 Å². The maximum Gasteiger partial charge on any atom is 0.339 e. The highest BCUT2D eigenvalue weighted by atomic mass is 79.9. The van der Waals surface area contributed by atoms with E-state index in [0.29, 0.717) is 42.5 Å². The van der Waals surface area contributed by atoms with Crippen molar-refractivity contribution in [3.05, 3.63) is 46.2 Å². The highest BCUT2D eigenvalue weighted by molar-refractivity contribution is 9.10. The van der Waals surface area contributed by atoms with Gasteiger partial charge in [-0.2, -0.15) is 9.40 Å². The number of sulfonamides is 1. The number of rotatable bonds is 6. The molecule has 0 bridgehead atoms. The Kier molecular flexibility index (Phi) is 6.94. The van der Waals surface area contributed by atoms with E-state index in [-0.39, 0.29) is 22.3 Å². The van der Waals surface area contributed by atoms with Gasteiger partial charge in [0.05, 0.1) is 29.3 Å². The van der Waals surface area contributed by atoms with Crippen LogP contribution in [0, 0.1) is 5.92 Å². The summed E-state index contributed by atoms with van der Waals surface area (Å²) in [5, 5.41) is 6.86. The van der Waals surface area contributed by atoms with Crippen LogP contribution in [0.1, 0.15) is 33.6 Å². The molecule has 0 saturated carbocycles. The Balaban J connectivity index is 1.60. The van der Waals surface area contributed by atoms with Crippen LogP contribution in [0.2, 0.25) is 0 Å². The normalized spacial score (nSPS) is 15.7. The highest BCUT2D eigenvalue weighted by Gasteiger charge is 2.30. The van der Waals surface area contributed by atoms with Gasteiger partial charge >= 0.3 is 5.97 Å². The lowest BCUT2D eigenvalue weighted by Gasteiger charge is -2.31. The van der Waals surface area contributed by atoms with Crippen molar-refractivity contribution in [2.75, 3.05) is 26.7 Å². The molecule has 30 heavy (non-hydrogen) atoms.